The van der Waals surface area contributed by atoms with Crippen molar-refractivity contribution in [2.45, 2.75) is 39.4 Å². The summed E-state index contributed by atoms with van der Waals surface area (Å²) < 4.78 is 20.3. The minimum absolute atomic E-state index is 0.0451. The average molecular weight is 392 g/mol. The third kappa shape index (κ3) is 4.96. The number of nitrogens with zero attached hydrogens (tertiary/aromatic N) is 2. The number of aryl methyl sites for hydroxylation is 1. The molecule has 1 saturated heterocycles. The van der Waals surface area contributed by atoms with Crippen LogP contribution in [0.25, 0.3) is 0 Å². The molecule has 144 valence electrons. The Kier molecular flexibility index (Phi) is 5.97. The molecule has 0 bridgehead atoms. The lowest BCUT2D eigenvalue weighted by atomic mass is 10.1. The van der Waals surface area contributed by atoms with Gasteiger partial charge in [0.2, 0.25) is 5.91 Å². The summed E-state index contributed by atoms with van der Waals surface area (Å²) in [6.45, 7) is 7.02. The third-order valence-electron chi connectivity index (χ3n) is 4.50. The van der Waals surface area contributed by atoms with E-state index in [-0.39, 0.29) is 30.4 Å². The van der Waals surface area contributed by atoms with Crippen LogP contribution in [0.3, 0.4) is 0 Å². The van der Waals surface area contributed by atoms with Crippen molar-refractivity contribution in [3.8, 4) is 0 Å². The predicted molar refractivity (Wildman–Crippen MR) is 105 cm³/mol. The number of anilines is 2. The standard InChI is InChI=1S/C20H23ClFN3O2/c1-12-10-25(11-13(2)27-12)18-6-5-16(9-17(18)22)24-20(26)8-15-4-7-19(21)23-14(15)3/h4-7,9,12-13H,8,10-11H2,1-3H3,(H,24,26)/t12-,13+. The molecule has 0 radical (unpaired) electrons. The van der Waals surface area contributed by atoms with E-state index >= 15 is 0 Å². The Bertz CT molecular complexity index is 836. The minimum atomic E-state index is -0.363. The van der Waals surface area contributed by atoms with E-state index in [2.05, 4.69) is 10.3 Å². The molecule has 2 heterocycles. The van der Waals surface area contributed by atoms with Crippen LogP contribution < -0.4 is 10.2 Å². The van der Waals surface area contributed by atoms with E-state index in [1.807, 2.05) is 18.7 Å². The number of benzene rings is 1. The zero-order chi connectivity index (χ0) is 19.6. The minimum Gasteiger partial charge on any atom is -0.372 e. The van der Waals surface area contributed by atoms with E-state index < -0.39 is 0 Å². The molecule has 1 fully saturated rings. The van der Waals surface area contributed by atoms with Crippen molar-refractivity contribution in [1.29, 1.82) is 0 Å². The molecule has 1 aliphatic heterocycles. The second-order valence-corrected chi connectivity index (χ2v) is 7.32. The van der Waals surface area contributed by atoms with Crippen molar-refractivity contribution in [3.63, 3.8) is 0 Å². The maximum Gasteiger partial charge on any atom is 0.228 e. The van der Waals surface area contributed by atoms with Crippen LogP contribution in [0.15, 0.2) is 30.3 Å². The van der Waals surface area contributed by atoms with Gasteiger partial charge in [-0.05, 0) is 50.6 Å². The van der Waals surface area contributed by atoms with Gasteiger partial charge in [-0.2, -0.15) is 0 Å². The first kappa shape index (κ1) is 19.6. The Balaban J connectivity index is 1.67. The van der Waals surface area contributed by atoms with Crippen LogP contribution in [0.4, 0.5) is 15.8 Å². The SMILES string of the molecule is Cc1nc(Cl)ccc1CC(=O)Nc1ccc(N2C[C@@H](C)O[C@@H](C)C2)c(F)c1. The normalized spacial score (nSPS) is 19.8. The molecule has 0 spiro atoms. The molecule has 2 atom stereocenters. The van der Waals surface area contributed by atoms with E-state index in [1.54, 1.807) is 31.2 Å². The van der Waals surface area contributed by atoms with E-state index in [9.17, 15) is 9.18 Å². The zero-order valence-electron chi connectivity index (χ0n) is 15.6. The number of hydrogen-bond donors (Lipinski definition) is 1. The first-order valence-electron chi connectivity index (χ1n) is 8.93. The van der Waals surface area contributed by atoms with Crippen LogP contribution in [-0.4, -0.2) is 36.2 Å². The van der Waals surface area contributed by atoms with E-state index in [4.69, 9.17) is 16.3 Å². The molecular formula is C20H23ClFN3O2. The molecule has 1 amide bonds. The molecule has 0 unspecified atom stereocenters. The molecule has 27 heavy (non-hydrogen) atoms. The van der Waals surface area contributed by atoms with Gasteiger partial charge in [-0.15, -0.1) is 0 Å². The highest BCUT2D eigenvalue weighted by molar-refractivity contribution is 6.29. The molecule has 7 heteroatoms. The smallest absolute Gasteiger partial charge is 0.228 e. The molecule has 1 aliphatic rings. The number of rotatable bonds is 4. The number of amides is 1. The molecule has 1 aromatic carbocycles. The topological polar surface area (TPSA) is 54.5 Å². The van der Waals surface area contributed by atoms with Gasteiger partial charge < -0.3 is 15.0 Å². The van der Waals surface area contributed by atoms with Crippen LogP contribution in [0.2, 0.25) is 5.15 Å². The molecule has 1 N–H and O–H groups in total. The van der Waals surface area contributed by atoms with Gasteiger partial charge in [0.15, 0.2) is 0 Å². The summed E-state index contributed by atoms with van der Waals surface area (Å²) in [6, 6.07) is 8.19. The van der Waals surface area contributed by atoms with Crippen molar-refractivity contribution in [2.75, 3.05) is 23.3 Å². The summed E-state index contributed by atoms with van der Waals surface area (Å²) in [7, 11) is 0. The number of halogens is 2. The lowest BCUT2D eigenvalue weighted by Gasteiger charge is -2.37. The Morgan fingerprint density at radius 2 is 2.00 bits per heavy atom. The van der Waals surface area contributed by atoms with Gasteiger partial charge in [0, 0.05) is 24.5 Å². The first-order valence-corrected chi connectivity index (χ1v) is 9.31. The largest absolute Gasteiger partial charge is 0.372 e. The zero-order valence-corrected chi connectivity index (χ0v) is 16.4. The van der Waals surface area contributed by atoms with Crippen LogP contribution in [0.1, 0.15) is 25.1 Å². The Hall–Kier alpha value is -2.18. The fraction of sp³-hybridized carbons (Fsp3) is 0.400. The number of carbonyl (C=O) groups is 1. The van der Waals surface area contributed by atoms with E-state index in [1.165, 1.54) is 6.07 Å². The van der Waals surface area contributed by atoms with Crippen LogP contribution in [0.5, 0.6) is 0 Å². The number of ether oxygens (including phenoxy) is 1. The number of pyridine rings is 1. The summed E-state index contributed by atoms with van der Waals surface area (Å²) in [4.78, 5) is 18.4. The molecule has 0 saturated carbocycles. The van der Waals surface area contributed by atoms with Gasteiger partial charge in [0.05, 0.1) is 24.3 Å². The summed E-state index contributed by atoms with van der Waals surface area (Å²) >= 11 is 5.83. The quantitative estimate of drug-likeness (QED) is 0.801. The molecular weight excluding hydrogens is 369 g/mol. The van der Waals surface area contributed by atoms with Crippen molar-refractivity contribution < 1.29 is 13.9 Å². The van der Waals surface area contributed by atoms with Crippen molar-refractivity contribution in [2.24, 2.45) is 0 Å². The fourth-order valence-corrected chi connectivity index (χ4v) is 3.53. The highest BCUT2D eigenvalue weighted by atomic mass is 35.5. The summed E-state index contributed by atoms with van der Waals surface area (Å²) in [5.41, 5.74) is 2.43. The van der Waals surface area contributed by atoms with Gasteiger partial charge in [-0.25, -0.2) is 9.37 Å². The summed E-state index contributed by atoms with van der Waals surface area (Å²) in [5, 5.41) is 3.13. The second-order valence-electron chi connectivity index (χ2n) is 6.93. The van der Waals surface area contributed by atoms with Gasteiger partial charge in [-0.3, -0.25) is 4.79 Å². The lowest BCUT2D eigenvalue weighted by molar-refractivity contribution is -0.115. The highest BCUT2D eigenvalue weighted by Gasteiger charge is 2.24. The molecule has 5 nitrogen and oxygen atoms in total. The van der Waals surface area contributed by atoms with Crippen LogP contribution >= 0.6 is 11.6 Å². The van der Waals surface area contributed by atoms with Gasteiger partial charge in [0.25, 0.3) is 0 Å². The monoisotopic (exact) mass is 391 g/mol. The van der Waals surface area contributed by atoms with Crippen molar-refractivity contribution in [3.05, 3.63) is 52.6 Å². The first-order chi connectivity index (χ1) is 12.8. The lowest BCUT2D eigenvalue weighted by Crippen LogP contribution is -2.45. The number of hydrogen-bond acceptors (Lipinski definition) is 4. The van der Waals surface area contributed by atoms with Gasteiger partial charge >= 0.3 is 0 Å². The predicted octanol–water partition coefficient (Wildman–Crippen LogP) is 3.98. The fourth-order valence-electron chi connectivity index (χ4n) is 3.34. The Morgan fingerprint density at radius 1 is 1.30 bits per heavy atom. The maximum absolute atomic E-state index is 14.6. The number of carbonyl (C=O) groups excluding carboxylic acids is 1. The molecule has 2 aromatic rings. The van der Waals surface area contributed by atoms with Crippen molar-refractivity contribution >= 4 is 28.9 Å². The van der Waals surface area contributed by atoms with Crippen LogP contribution in [-0.2, 0) is 16.0 Å². The molecule has 3 rings (SSSR count). The highest BCUT2D eigenvalue weighted by Crippen LogP contribution is 2.26. The van der Waals surface area contributed by atoms with Crippen LogP contribution in [0, 0.1) is 12.7 Å². The summed E-state index contributed by atoms with van der Waals surface area (Å²) in [6.07, 6.45) is 0.241. The summed E-state index contributed by atoms with van der Waals surface area (Å²) in [5.74, 6) is -0.596. The number of nitrogens with one attached hydrogen (secondary N) is 1. The molecule has 0 aliphatic carbocycles. The average Bonchev–Trinajstić information content (AvgIpc) is 2.56. The van der Waals surface area contributed by atoms with E-state index in [0.29, 0.717) is 35.3 Å². The van der Waals surface area contributed by atoms with Gasteiger partial charge in [-0.1, -0.05) is 17.7 Å². The molecule has 1 aromatic heterocycles. The third-order valence-corrected chi connectivity index (χ3v) is 4.71. The van der Waals surface area contributed by atoms with Crippen molar-refractivity contribution in [1.82, 2.24) is 4.98 Å². The number of morpholine rings is 1. The second kappa shape index (κ2) is 8.23. The number of aromatic nitrogens is 1. The maximum atomic E-state index is 14.6. The Morgan fingerprint density at radius 3 is 2.63 bits per heavy atom. The Labute approximate surface area is 163 Å². The van der Waals surface area contributed by atoms with E-state index in [0.717, 1.165) is 5.56 Å². The van der Waals surface area contributed by atoms with Gasteiger partial charge in [0.1, 0.15) is 11.0 Å².